The largest absolute Gasteiger partial charge is 0.496 e. The maximum absolute atomic E-state index is 5.65. The summed E-state index contributed by atoms with van der Waals surface area (Å²) in [6.45, 7) is 7.81. The molecular formula is C23H36IN5O2. The number of halogens is 1. The Labute approximate surface area is 203 Å². The summed E-state index contributed by atoms with van der Waals surface area (Å²) in [4.78, 5) is 6.96. The standard InChI is InChI=1S/C23H35N5O2.HI/c1-5-19-18(21(6-2)30-27-19)15-25-23(24-3)26-16-20(28-13-9-10-14-28)17-11-7-8-12-22(17)29-4;/h7-8,11-12,20H,5-6,9-10,13-16H2,1-4H3,(H2,24,25,26);1H. The number of aromatic nitrogens is 1. The Morgan fingerprint density at radius 2 is 1.94 bits per heavy atom. The van der Waals surface area contributed by atoms with Crippen molar-refractivity contribution in [2.75, 3.05) is 33.8 Å². The highest BCUT2D eigenvalue weighted by molar-refractivity contribution is 14.0. The molecule has 1 atom stereocenters. The molecule has 0 spiro atoms. The molecule has 0 amide bonds. The molecule has 0 aliphatic carbocycles. The van der Waals surface area contributed by atoms with Gasteiger partial charge in [-0.25, -0.2) is 0 Å². The summed E-state index contributed by atoms with van der Waals surface area (Å²) in [5, 5.41) is 11.2. The molecule has 8 heteroatoms. The van der Waals surface area contributed by atoms with Gasteiger partial charge in [-0.2, -0.15) is 0 Å². The van der Waals surface area contributed by atoms with Gasteiger partial charge in [0.25, 0.3) is 0 Å². The topological polar surface area (TPSA) is 74.9 Å². The molecule has 1 aliphatic heterocycles. The van der Waals surface area contributed by atoms with Gasteiger partial charge >= 0.3 is 0 Å². The van der Waals surface area contributed by atoms with E-state index in [2.05, 4.69) is 51.7 Å². The highest BCUT2D eigenvalue weighted by atomic mass is 127. The first kappa shape index (κ1) is 25.5. The van der Waals surface area contributed by atoms with E-state index in [1.165, 1.54) is 18.4 Å². The van der Waals surface area contributed by atoms with Crippen LogP contribution in [-0.2, 0) is 19.4 Å². The fraction of sp³-hybridized carbons (Fsp3) is 0.565. The number of aryl methyl sites for hydroxylation is 2. The Morgan fingerprint density at radius 1 is 1.19 bits per heavy atom. The third-order valence-electron chi connectivity index (χ3n) is 5.81. The maximum atomic E-state index is 5.65. The van der Waals surface area contributed by atoms with Crippen molar-refractivity contribution in [2.24, 2.45) is 4.99 Å². The average Bonchev–Trinajstić information content (AvgIpc) is 3.46. The minimum Gasteiger partial charge on any atom is -0.496 e. The van der Waals surface area contributed by atoms with Gasteiger partial charge < -0.3 is 19.9 Å². The summed E-state index contributed by atoms with van der Waals surface area (Å²) < 4.78 is 11.1. The van der Waals surface area contributed by atoms with Crippen molar-refractivity contribution >= 4 is 29.9 Å². The van der Waals surface area contributed by atoms with E-state index >= 15 is 0 Å². The van der Waals surface area contributed by atoms with Crippen LogP contribution in [0.1, 0.15) is 55.3 Å². The summed E-state index contributed by atoms with van der Waals surface area (Å²) in [6.07, 6.45) is 4.18. The minimum atomic E-state index is 0. The van der Waals surface area contributed by atoms with Crippen LogP contribution in [0.4, 0.5) is 0 Å². The van der Waals surface area contributed by atoms with Crippen LogP contribution in [-0.4, -0.2) is 49.8 Å². The number of hydrogen-bond acceptors (Lipinski definition) is 5. The molecule has 3 rings (SSSR count). The zero-order valence-electron chi connectivity index (χ0n) is 19.1. The van der Waals surface area contributed by atoms with E-state index in [0.717, 1.165) is 61.2 Å². The molecule has 1 fully saturated rings. The molecule has 2 heterocycles. The van der Waals surface area contributed by atoms with Crippen LogP contribution in [0.2, 0.25) is 0 Å². The fourth-order valence-electron chi connectivity index (χ4n) is 4.15. The smallest absolute Gasteiger partial charge is 0.191 e. The second-order valence-electron chi connectivity index (χ2n) is 7.55. The number of likely N-dealkylation sites (tertiary alicyclic amines) is 1. The van der Waals surface area contributed by atoms with Crippen LogP contribution >= 0.6 is 24.0 Å². The lowest BCUT2D eigenvalue weighted by Gasteiger charge is -2.30. The predicted molar refractivity (Wildman–Crippen MR) is 135 cm³/mol. The van der Waals surface area contributed by atoms with Crippen LogP contribution < -0.4 is 15.4 Å². The van der Waals surface area contributed by atoms with Gasteiger partial charge in [0.15, 0.2) is 5.96 Å². The Balaban J connectivity index is 0.00000341. The summed E-state index contributed by atoms with van der Waals surface area (Å²) in [7, 11) is 3.54. The van der Waals surface area contributed by atoms with Crippen molar-refractivity contribution < 1.29 is 9.26 Å². The molecule has 172 valence electrons. The molecule has 7 nitrogen and oxygen atoms in total. The van der Waals surface area contributed by atoms with E-state index in [0.29, 0.717) is 6.54 Å². The predicted octanol–water partition coefficient (Wildman–Crippen LogP) is 3.93. The van der Waals surface area contributed by atoms with Gasteiger partial charge in [0.05, 0.1) is 18.8 Å². The van der Waals surface area contributed by atoms with Crippen LogP contribution in [0, 0.1) is 0 Å². The molecule has 1 aromatic carbocycles. The van der Waals surface area contributed by atoms with Crippen molar-refractivity contribution in [3.63, 3.8) is 0 Å². The van der Waals surface area contributed by atoms with Gasteiger partial charge in [0.1, 0.15) is 11.5 Å². The first-order chi connectivity index (χ1) is 14.7. The molecule has 0 bridgehead atoms. The second kappa shape index (κ2) is 12.9. The van der Waals surface area contributed by atoms with Crippen molar-refractivity contribution in [2.45, 2.75) is 52.1 Å². The van der Waals surface area contributed by atoms with E-state index < -0.39 is 0 Å². The lowest BCUT2D eigenvalue weighted by atomic mass is 10.0. The lowest BCUT2D eigenvalue weighted by Crippen LogP contribution is -2.42. The SMILES string of the molecule is CCc1noc(CC)c1CNC(=NC)NCC(c1ccccc1OC)N1CCCC1.I. The van der Waals surface area contributed by atoms with E-state index in [4.69, 9.17) is 9.26 Å². The van der Waals surface area contributed by atoms with Gasteiger partial charge in [-0.1, -0.05) is 37.2 Å². The van der Waals surface area contributed by atoms with Gasteiger partial charge in [-0.3, -0.25) is 9.89 Å². The number of nitrogens with one attached hydrogen (secondary N) is 2. The second-order valence-corrected chi connectivity index (χ2v) is 7.55. The number of guanidine groups is 1. The highest BCUT2D eigenvalue weighted by Gasteiger charge is 2.26. The molecule has 2 N–H and O–H groups in total. The zero-order chi connectivity index (χ0) is 21.3. The Kier molecular flexibility index (Phi) is 10.6. The molecule has 1 aliphatic rings. The molecule has 2 aromatic rings. The van der Waals surface area contributed by atoms with E-state index in [-0.39, 0.29) is 30.0 Å². The molecular weight excluding hydrogens is 505 g/mol. The summed E-state index contributed by atoms with van der Waals surface area (Å²) >= 11 is 0. The van der Waals surface area contributed by atoms with Crippen LogP contribution in [0.3, 0.4) is 0 Å². The number of nitrogens with zero attached hydrogens (tertiary/aromatic N) is 3. The van der Waals surface area contributed by atoms with Crippen molar-refractivity contribution in [1.82, 2.24) is 20.7 Å². The monoisotopic (exact) mass is 541 g/mol. The van der Waals surface area contributed by atoms with Crippen molar-refractivity contribution in [3.05, 3.63) is 46.8 Å². The normalized spacial score (nSPS) is 15.4. The average molecular weight is 541 g/mol. The van der Waals surface area contributed by atoms with Gasteiger partial charge in [0, 0.05) is 37.7 Å². The van der Waals surface area contributed by atoms with Gasteiger partial charge in [-0.05, 0) is 38.4 Å². The maximum Gasteiger partial charge on any atom is 0.191 e. The fourth-order valence-corrected chi connectivity index (χ4v) is 4.15. The van der Waals surface area contributed by atoms with Crippen molar-refractivity contribution in [1.29, 1.82) is 0 Å². The van der Waals surface area contributed by atoms with E-state index in [1.54, 1.807) is 14.2 Å². The van der Waals surface area contributed by atoms with Gasteiger partial charge in [-0.15, -0.1) is 24.0 Å². The molecule has 1 aromatic heterocycles. The van der Waals surface area contributed by atoms with Gasteiger partial charge in [0.2, 0.25) is 0 Å². The lowest BCUT2D eigenvalue weighted by molar-refractivity contribution is 0.239. The van der Waals surface area contributed by atoms with Crippen LogP contribution in [0.15, 0.2) is 33.8 Å². The minimum absolute atomic E-state index is 0. The first-order valence-corrected chi connectivity index (χ1v) is 11.0. The number of benzene rings is 1. The van der Waals surface area contributed by atoms with Crippen LogP contribution in [0.25, 0.3) is 0 Å². The molecule has 1 saturated heterocycles. The number of hydrogen-bond donors (Lipinski definition) is 2. The van der Waals surface area contributed by atoms with E-state index in [1.807, 2.05) is 12.1 Å². The number of aliphatic imine (C=N–C) groups is 1. The van der Waals surface area contributed by atoms with E-state index in [9.17, 15) is 0 Å². The molecule has 31 heavy (non-hydrogen) atoms. The number of methoxy groups -OCH3 is 1. The zero-order valence-corrected chi connectivity index (χ0v) is 21.4. The van der Waals surface area contributed by atoms with Crippen LogP contribution in [0.5, 0.6) is 5.75 Å². The third-order valence-corrected chi connectivity index (χ3v) is 5.81. The first-order valence-electron chi connectivity index (χ1n) is 11.0. The molecule has 0 saturated carbocycles. The highest BCUT2D eigenvalue weighted by Crippen LogP contribution is 2.31. The Bertz CT molecular complexity index is 812. The quantitative estimate of drug-likeness (QED) is 0.285. The number of para-hydroxylation sites is 1. The number of rotatable bonds is 9. The molecule has 0 radical (unpaired) electrons. The Morgan fingerprint density at radius 3 is 2.58 bits per heavy atom. The summed E-state index contributed by atoms with van der Waals surface area (Å²) in [6, 6.07) is 8.54. The third kappa shape index (κ3) is 6.35. The number of ether oxygens (including phenoxy) is 1. The summed E-state index contributed by atoms with van der Waals surface area (Å²) in [5.41, 5.74) is 3.37. The van der Waals surface area contributed by atoms with Crippen molar-refractivity contribution in [3.8, 4) is 5.75 Å². The summed E-state index contributed by atoms with van der Waals surface area (Å²) in [5.74, 6) is 2.65. The Hall–Kier alpha value is -1.81. The molecule has 1 unspecified atom stereocenters.